The number of hydrogen-bond acceptors (Lipinski definition) is 3. The summed E-state index contributed by atoms with van der Waals surface area (Å²) in [5.41, 5.74) is 0.661. The Hall–Kier alpha value is -1.99. The van der Waals surface area contributed by atoms with Crippen LogP contribution in [0.25, 0.3) is 0 Å². The molecule has 136 valence electrons. The molecule has 2 fully saturated rings. The molecule has 2 N–H and O–H groups in total. The van der Waals surface area contributed by atoms with Crippen LogP contribution in [-0.4, -0.2) is 67.3 Å². The maximum Gasteiger partial charge on any atom is 0.321 e. The molecule has 0 spiro atoms. The van der Waals surface area contributed by atoms with E-state index < -0.39 is 0 Å². The van der Waals surface area contributed by atoms with Gasteiger partial charge >= 0.3 is 12.1 Å². The summed E-state index contributed by atoms with van der Waals surface area (Å²) in [4.78, 5) is 27.9. The average Bonchev–Trinajstić information content (AvgIpc) is 3.13. The molecule has 3 rings (SSSR count). The normalized spacial score (nSPS) is 20.4. The molecule has 1 atom stereocenters. The van der Waals surface area contributed by atoms with Crippen molar-refractivity contribution in [1.82, 2.24) is 15.1 Å². The number of benzene rings is 1. The van der Waals surface area contributed by atoms with E-state index in [0.717, 1.165) is 19.4 Å². The summed E-state index contributed by atoms with van der Waals surface area (Å²) in [6.45, 7) is 3.36. The Morgan fingerprint density at radius 3 is 2.52 bits per heavy atom. The number of rotatable bonds is 3. The van der Waals surface area contributed by atoms with Crippen LogP contribution in [0.4, 0.5) is 15.3 Å². The molecule has 2 aliphatic heterocycles. The van der Waals surface area contributed by atoms with Gasteiger partial charge in [-0.05, 0) is 31.0 Å². The van der Waals surface area contributed by atoms with Gasteiger partial charge in [0.2, 0.25) is 0 Å². The van der Waals surface area contributed by atoms with Crippen molar-refractivity contribution in [2.24, 2.45) is 0 Å². The summed E-state index contributed by atoms with van der Waals surface area (Å²) in [5.74, 6) is 0. The second-order valence-electron chi connectivity index (χ2n) is 6.24. The standard InChI is InChI=1S/C17H23ClN4O3/c18-13-3-1-4-14(11-13)20-17(24)22-8-6-21(7-9-22)16(23)19-12-15-5-2-10-25-15/h1,3-4,11,15H,2,5-10,12H2,(H,19,23)(H,20,24). The predicted octanol–water partition coefficient (Wildman–Crippen LogP) is 2.38. The SMILES string of the molecule is O=C(NCC1CCCO1)N1CCN(C(=O)Nc2cccc(Cl)c2)CC1. The van der Waals surface area contributed by atoms with E-state index >= 15 is 0 Å². The maximum absolute atomic E-state index is 12.3. The molecular weight excluding hydrogens is 344 g/mol. The van der Waals surface area contributed by atoms with Crippen molar-refractivity contribution in [3.63, 3.8) is 0 Å². The van der Waals surface area contributed by atoms with Crippen molar-refractivity contribution in [3.05, 3.63) is 29.3 Å². The fourth-order valence-electron chi connectivity index (χ4n) is 3.00. The Morgan fingerprint density at radius 2 is 1.88 bits per heavy atom. The van der Waals surface area contributed by atoms with Gasteiger partial charge < -0.3 is 25.2 Å². The van der Waals surface area contributed by atoms with Gasteiger partial charge in [-0.1, -0.05) is 17.7 Å². The molecule has 2 heterocycles. The molecule has 0 saturated carbocycles. The summed E-state index contributed by atoms with van der Waals surface area (Å²) >= 11 is 5.92. The number of urea groups is 2. The number of nitrogens with zero attached hydrogens (tertiary/aromatic N) is 2. The Balaban J connectivity index is 1.41. The van der Waals surface area contributed by atoms with Gasteiger partial charge in [-0.15, -0.1) is 0 Å². The van der Waals surface area contributed by atoms with Crippen molar-refractivity contribution in [3.8, 4) is 0 Å². The van der Waals surface area contributed by atoms with Gasteiger partial charge in [0.25, 0.3) is 0 Å². The van der Waals surface area contributed by atoms with Gasteiger partial charge in [-0.3, -0.25) is 0 Å². The molecule has 0 aromatic heterocycles. The lowest BCUT2D eigenvalue weighted by molar-refractivity contribution is 0.106. The fraction of sp³-hybridized carbons (Fsp3) is 0.529. The molecule has 0 aliphatic carbocycles. The highest BCUT2D eigenvalue weighted by Gasteiger charge is 2.25. The molecule has 0 bridgehead atoms. The second-order valence-corrected chi connectivity index (χ2v) is 6.67. The molecule has 1 unspecified atom stereocenters. The number of amides is 4. The van der Waals surface area contributed by atoms with Gasteiger partial charge in [0.05, 0.1) is 6.10 Å². The van der Waals surface area contributed by atoms with Crippen LogP contribution >= 0.6 is 11.6 Å². The molecule has 8 heteroatoms. The van der Waals surface area contributed by atoms with Crippen LogP contribution in [-0.2, 0) is 4.74 Å². The van der Waals surface area contributed by atoms with E-state index in [0.29, 0.717) is 43.4 Å². The van der Waals surface area contributed by atoms with Gasteiger partial charge in [0.15, 0.2) is 0 Å². The van der Waals surface area contributed by atoms with Crippen LogP contribution in [0.15, 0.2) is 24.3 Å². The average molecular weight is 367 g/mol. The number of hydrogen-bond donors (Lipinski definition) is 2. The first-order valence-electron chi connectivity index (χ1n) is 8.58. The van der Waals surface area contributed by atoms with E-state index in [9.17, 15) is 9.59 Å². The zero-order chi connectivity index (χ0) is 17.6. The highest BCUT2D eigenvalue weighted by molar-refractivity contribution is 6.30. The summed E-state index contributed by atoms with van der Waals surface area (Å²) in [5, 5.41) is 6.31. The number of ether oxygens (including phenoxy) is 1. The quantitative estimate of drug-likeness (QED) is 0.862. The van der Waals surface area contributed by atoms with Crippen LogP contribution in [0.1, 0.15) is 12.8 Å². The highest BCUT2D eigenvalue weighted by Crippen LogP contribution is 2.16. The minimum atomic E-state index is -0.179. The van der Waals surface area contributed by atoms with Crippen LogP contribution in [0.5, 0.6) is 0 Å². The number of carbonyl (C=O) groups excluding carboxylic acids is 2. The van der Waals surface area contributed by atoms with Crippen LogP contribution < -0.4 is 10.6 Å². The third-order valence-corrected chi connectivity index (χ3v) is 4.67. The lowest BCUT2D eigenvalue weighted by Crippen LogP contribution is -2.54. The monoisotopic (exact) mass is 366 g/mol. The molecule has 2 aliphatic rings. The van der Waals surface area contributed by atoms with Gasteiger partial charge in [-0.25, -0.2) is 9.59 Å². The Morgan fingerprint density at radius 1 is 1.16 bits per heavy atom. The summed E-state index contributed by atoms with van der Waals surface area (Å²) in [6, 6.07) is 6.76. The second kappa shape index (κ2) is 8.40. The van der Waals surface area contributed by atoms with E-state index in [4.69, 9.17) is 16.3 Å². The zero-order valence-electron chi connectivity index (χ0n) is 14.0. The molecule has 2 saturated heterocycles. The van der Waals surface area contributed by atoms with E-state index in [1.165, 1.54) is 0 Å². The minimum absolute atomic E-state index is 0.0922. The van der Waals surface area contributed by atoms with E-state index in [1.807, 2.05) is 0 Å². The maximum atomic E-state index is 12.3. The first-order valence-corrected chi connectivity index (χ1v) is 8.95. The third kappa shape index (κ3) is 4.99. The number of halogens is 1. The third-order valence-electron chi connectivity index (χ3n) is 4.43. The van der Waals surface area contributed by atoms with E-state index in [2.05, 4.69) is 10.6 Å². The topological polar surface area (TPSA) is 73.9 Å². The molecule has 25 heavy (non-hydrogen) atoms. The minimum Gasteiger partial charge on any atom is -0.376 e. The Kier molecular flexibility index (Phi) is 5.99. The van der Waals surface area contributed by atoms with Crippen molar-refractivity contribution >= 4 is 29.4 Å². The molecule has 0 radical (unpaired) electrons. The van der Waals surface area contributed by atoms with Gasteiger partial charge in [0.1, 0.15) is 0 Å². The smallest absolute Gasteiger partial charge is 0.321 e. The Bertz CT molecular complexity index is 614. The predicted molar refractivity (Wildman–Crippen MR) is 96.0 cm³/mol. The first-order chi connectivity index (χ1) is 12.1. The number of nitrogens with one attached hydrogen (secondary N) is 2. The summed E-state index contributed by atoms with van der Waals surface area (Å²) in [7, 11) is 0. The van der Waals surface area contributed by atoms with Crippen LogP contribution in [0.2, 0.25) is 5.02 Å². The summed E-state index contributed by atoms with van der Waals surface area (Å²) < 4.78 is 5.50. The highest BCUT2D eigenvalue weighted by atomic mass is 35.5. The number of carbonyl (C=O) groups is 2. The molecular formula is C17H23ClN4O3. The number of anilines is 1. The van der Waals surface area contributed by atoms with Crippen molar-refractivity contribution in [1.29, 1.82) is 0 Å². The van der Waals surface area contributed by atoms with Crippen LogP contribution in [0, 0.1) is 0 Å². The van der Waals surface area contributed by atoms with E-state index in [-0.39, 0.29) is 18.2 Å². The van der Waals surface area contributed by atoms with Gasteiger partial charge in [-0.2, -0.15) is 0 Å². The molecule has 1 aromatic rings. The van der Waals surface area contributed by atoms with Crippen molar-refractivity contribution < 1.29 is 14.3 Å². The fourth-order valence-corrected chi connectivity index (χ4v) is 3.19. The van der Waals surface area contributed by atoms with Crippen molar-refractivity contribution in [2.45, 2.75) is 18.9 Å². The lowest BCUT2D eigenvalue weighted by Gasteiger charge is -2.34. The first kappa shape index (κ1) is 17.8. The lowest BCUT2D eigenvalue weighted by atomic mass is 10.2. The van der Waals surface area contributed by atoms with Crippen LogP contribution in [0.3, 0.4) is 0 Å². The largest absolute Gasteiger partial charge is 0.376 e. The number of piperazine rings is 1. The van der Waals surface area contributed by atoms with Crippen molar-refractivity contribution in [2.75, 3.05) is 44.6 Å². The van der Waals surface area contributed by atoms with Gasteiger partial charge in [0, 0.05) is 50.0 Å². The van der Waals surface area contributed by atoms with E-state index in [1.54, 1.807) is 34.1 Å². The summed E-state index contributed by atoms with van der Waals surface area (Å²) in [6.07, 6.45) is 2.19. The molecule has 7 nitrogen and oxygen atoms in total. The zero-order valence-corrected chi connectivity index (χ0v) is 14.8. The molecule has 1 aromatic carbocycles. The Labute approximate surface area is 152 Å². The molecule has 4 amide bonds.